The number of amides is 1. The van der Waals surface area contributed by atoms with Gasteiger partial charge in [0.1, 0.15) is 5.76 Å². The minimum Gasteiger partial charge on any atom is -0.370 e. The zero-order valence-corrected chi connectivity index (χ0v) is 17.2. The van der Waals surface area contributed by atoms with E-state index in [9.17, 15) is 4.79 Å². The highest BCUT2D eigenvalue weighted by Crippen LogP contribution is 2.18. The number of pyridine rings is 1. The third-order valence-electron chi connectivity index (χ3n) is 4.96. The first-order chi connectivity index (χ1) is 13.4. The van der Waals surface area contributed by atoms with E-state index in [1.165, 1.54) is 0 Å². The molecule has 0 radical (unpaired) electrons. The predicted octanol–water partition coefficient (Wildman–Crippen LogP) is 2.57. The summed E-state index contributed by atoms with van der Waals surface area (Å²) < 4.78 is 11.5. The van der Waals surface area contributed by atoms with Gasteiger partial charge in [0.05, 0.1) is 24.9 Å². The Hall–Kier alpha value is -2.25. The monoisotopic (exact) mass is 386 g/mol. The average Bonchev–Trinajstić information content (AvgIpc) is 2.89. The number of nitrogens with zero attached hydrogens (tertiary/aromatic N) is 4. The highest BCUT2D eigenvalue weighted by atomic mass is 16.5. The molecule has 0 unspecified atom stereocenters. The fraction of sp³-hybridized carbons (Fsp3) is 0.571. The molecule has 2 aromatic rings. The van der Waals surface area contributed by atoms with Crippen molar-refractivity contribution in [3.05, 3.63) is 47.1 Å². The first-order valence-electron chi connectivity index (χ1n) is 9.84. The van der Waals surface area contributed by atoms with Crippen LogP contribution >= 0.6 is 0 Å². The summed E-state index contributed by atoms with van der Waals surface area (Å²) in [5, 5.41) is 4.00. The van der Waals surface area contributed by atoms with Crippen molar-refractivity contribution in [2.75, 3.05) is 26.2 Å². The van der Waals surface area contributed by atoms with Gasteiger partial charge in [-0.15, -0.1) is 0 Å². The molecule has 28 heavy (non-hydrogen) atoms. The molecule has 1 fully saturated rings. The van der Waals surface area contributed by atoms with Crippen molar-refractivity contribution in [2.24, 2.45) is 5.92 Å². The van der Waals surface area contributed by atoms with Gasteiger partial charge in [-0.05, 0) is 31.4 Å². The van der Waals surface area contributed by atoms with Crippen LogP contribution in [0, 0.1) is 19.8 Å². The van der Waals surface area contributed by atoms with E-state index < -0.39 is 0 Å². The van der Waals surface area contributed by atoms with Crippen molar-refractivity contribution >= 4 is 5.91 Å². The van der Waals surface area contributed by atoms with Crippen molar-refractivity contribution in [2.45, 2.75) is 47.0 Å². The first kappa shape index (κ1) is 20.5. The molecule has 1 amide bonds. The molecule has 0 aliphatic carbocycles. The summed E-state index contributed by atoms with van der Waals surface area (Å²) in [5.74, 6) is 1.35. The SMILES string of the molecule is Cc1noc(C)c1CO[C@H]1CN(Cc2cccnc2)CC(=O)N(CC(C)C)C1. The van der Waals surface area contributed by atoms with E-state index in [2.05, 4.69) is 28.9 Å². The maximum Gasteiger partial charge on any atom is 0.236 e. The summed E-state index contributed by atoms with van der Waals surface area (Å²) in [5.41, 5.74) is 2.94. The quantitative estimate of drug-likeness (QED) is 0.728. The molecule has 2 aromatic heterocycles. The highest BCUT2D eigenvalue weighted by Gasteiger charge is 2.29. The Bertz CT molecular complexity index is 756. The number of aromatic nitrogens is 2. The van der Waals surface area contributed by atoms with Gasteiger partial charge in [0.25, 0.3) is 0 Å². The Morgan fingerprint density at radius 1 is 1.32 bits per heavy atom. The summed E-state index contributed by atoms with van der Waals surface area (Å²) in [7, 11) is 0. The zero-order chi connectivity index (χ0) is 20.1. The maximum absolute atomic E-state index is 12.8. The van der Waals surface area contributed by atoms with E-state index in [0.717, 1.165) is 29.1 Å². The number of hydrogen-bond acceptors (Lipinski definition) is 6. The largest absolute Gasteiger partial charge is 0.370 e. The lowest BCUT2D eigenvalue weighted by Crippen LogP contribution is -2.40. The number of rotatable bonds is 7. The summed E-state index contributed by atoms with van der Waals surface area (Å²) in [6, 6.07) is 3.96. The lowest BCUT2D eigenvalue weighted by molar-refractivity contribution is -0.132. The van der Waals surface area contributed by atoms with Gasteiger partial charge in [0, 0.05) is 44.1 Å². The lowest BCUT2D eigenvalue weighted by atomic mass is 10.2. The fourth-order valence-corrected chi connectivity index (χ4v) is 3.55. The zero-order valence-electron chi connectivity index (χ0n) is 17.2. The van der Waals surface area contributed by atoms with Crippen LogP contribution in [-0.4, -0.2) is 58.1 Å². The lowest BCUT2D eigenvalue weighted by Gasteiger charge is -2.26. The number of carbonyl (C=O) groups excluding carboxylic acids is 1. The minimum absolute atomic E-state index is 0.0735. The normalized spacial score (nSPS) is 18.7. The van der Waals surface area contributed by atoms with Crippen LogP contribution in [0.4, 0.5) is 0 Å². The van der Waals surface area contributed by atoms with Crippen molar-refractivity contribution in [3.63, 3.8) is 0 Å². The molecule has 0 spiro atoms. The van der Waals surface area contributed by atoms with Crippen LogP contribution in [0.3, 0.4) is 0 Å². The number of hydrogen-bond donors (Lipinski definition) is 0. The topological polar surface area (TPSA) is 71.7 Å². The molecule has 3 heterocycles. The Balaban J connectivity index is 1.72. The maximum atomic E-state index is 12.8. The molecule has 1 aliphatic heterocycles. The minimum atomic E-state index is -0.0735. The summed E-state index contributed by atoms with van der Waals surface area (Å²) in [6.45, 7) is 11.6. The third kappa shape index (κ3) is 5.39. The van der Waals surface area contributed by atoms with E-state index in [1.54, 1.807) is 6.20 Å². The first-order valence-corrected chi connectivity index (χ1v) is 9.84. The van der Waals surface area contributed by atoms with Crippen molar-refractivity contribution in [3.8, 4) is 0 Å². The molecule has 3 rings (SSSR count). The van der Waals surface area contributed by atoms with Crippen molar-refractivity contribution < 1.29 is 14.1 Å². The van der Waals surface area contributed by atoms with Gasteiger partial charge in [-0.2, -0.15) is 0 Å². The van der Waals surface area contributed by atoms with Crippen LogP contribution in [0.2, 0.25) is 0 Å². The van der Waals surface area contributed by atoms with Gasteiger partial charge >= 0.3 is 0 Å². The highest BCUT2D eigenvalue weighted by molar-refractivity contribution is 5.78. The molecule has 1 atom stereocenters. The van der Waals surface area contributed by atoms with Gasteiger partial charge in [-0.1, -0.05) is 25.1 Å². The molecular formula is C21H30N4O3. The number of aryl methyl sites for hydroxylation is 2. The smallest absolute Gasteiger partial charge is 0.236 e. The summed E-state index contributed by atoms with van der Waals surface area (Å²) >= 11 is 0. The van der Waals surface area contributed by atoms with Crippen LogP contribution in [-0.2, 0) is 22.7 Å². The second kappa shape index (κ2) is 9.30. The van der Waals surface area contributed by atoms with E-state index in [4.69, 9.17) is 9.26 Å². The Kier molecular flexibility index (Phi) is 6.80. The van der Waals surface area contributed by atoms with Crippen LogP contribution in [0.5, 0.6) is 0 Å². The van der Waals surface area contributed by atoms with Crippen LogP contribution in [0.15, 0.2) is 29.0 Å². The molecule has 0 N–H and O–H groups in total. The third-order valence-corrected chi connectivity index (χ3v) is 4.96. The summed E-state index contributed by atoms with van der Waals surface area (Å²) in [6.07, 6.45) is 3.54. The molecule has 0 bridgehead atoms. The Morgan fingerprint density at radius 3 is 2.79 bits per heavy atom. The van der Waals surface area contributed by atoms with Crippen LogP contribution in [0.1, 0.15) is 36.4 Å². The van der Waals surface area contributed by atoms with Gasteiger partial charge in [-0.25, -0.2) is 0 Å². The molecule has 0 aromatic carbocycles. The van der Waals surface area contributed by atoms with Crippen LogP contribution < -0.4 is 0 Å². The second-order valence-corrected chi connectivity index (χ2v) is 7.96. The Labute approximate surface area is 166 Å². The summed E-state index contributed by atoms with van der Waals surface area (Å²) in [4.78, 5) is 21.1. The molecule has 1 saturated heterocycles. The van der Waals surface area contributed by atoms with E-state index in [1.807, 2.05) is 37.1 Å². The van der Waals surface area contributed by atoms with Crippen molar-refractivity contribution in [1.29, 1.82) is 0 Å². The van der Waals surface area contributed by atoms with E-state index in [0.29, 0.717) is 38.7 Å². The van der Waals surface area contributed by atoms with E-state index in [-0.39, 0.29) is 12.0 Å². The standard InChI is InChI=1S/C21H30N4O3/c1-15(2)9-25-12-19(27-14-20-16(3)23-28-17(20)4)11-24(13-21(25)26)10-18-6-5-7-22-8-18/h5-8,15,19H,9-14H2,1-4H3/t19-/m0/s1. The van der Waals surface area contributed by atoms with Gasteiger partial charge in [0.2, 0.25) is 5.91 Å². The second-order valence-electron chi connectivity index (χ2n) is 7.96. The van der Waals surface area contributed by atoms with Gasteiger partial charge < -0.3 is 14.2 Å². The average molecular weight is 386 g/mol. The number of ether oxygens (including phenoxy) is 1. The molecule has 7 heteroatoms. The van der Waals surface area contributed by atoms with Crippen molar-refractivity contribution in [1.82, 2.24) is 19.9 Å². The molecule has 7 nitrogen and oxygen atoms in total. The predicted molar refractivity (Wildman–Crippen MR) is 105 cm³/mol. The van der Waals surface area contributed by atoms with Gasteiger partial charge in [-0.3, -0.25) is 14.7 Å². The molecule has 152 valence electrons. The molecule has 0 saturated carbocycles. The van der Waals surface area contributed by atoms with Crippen LogP contribution in [0.25, 0.3) is 0 Å². The Morgan fingerprint density at radius 2 is 2.14 bits per heavy atom. The van der Waals surface area contributed by atoms with E-state index >= 15 is 0 Å². The fourth-order valence-electron chi connectivity index (χ4n) is 3.55. The number of carbonyl (C=O) groups is 1. The molecule has 1 aliphatic rings. The van der Waals surface area contributed by atoms with Gasteiger partial charge in [0.15, 0.2) is 0 Å². The molecular weight excluding hydrogens is 356 g/mol.